The molecule has 1 unspecified atom stereocenters. The van der Waals surface area contributed by atoms with E-state index in [1.807, 2.05) is 25.7 Å². The lowest BCUT2D eigenvalue weighted by Gasteiger charge is -2.28. The van der Waals surface area contributed by atoms with Gasteiger partial charge < -0.3 is 4.74 Å². The molecule has 3 heteroatoms. The first kappa shape index (κ1) is 15.1. The molecule has 2 aliphatic rings. The average molecular weight is 299 g/mol. The standard InChI is InChI=1S/C19H25NO2/c1-19(2,3)22-18(21)20-13-12-15-10-7-11-16(17(15)20)14-8-5-4-6-9-14/h5,7-8,10-11,14H,4,6,9,12-13H2,1-3H3. The number of rotatable bonds is 1. The molecule has 1 amide bonds. The smallest absolute Gasteiger partial charge is 0.414 e. The molecule has 0 saturated carbocycles. The first-order valence-electron chi connectivity index (χ1n) is 8.25. The molecule has 0 saturated heterocycles. The molecule has 0 fully saturated rings. The highest BCUT2D eigenvalue weighted by Gasteiger charge is 2.32. The van der Waals surface area contributed by atoms with Crippen LogP contribution in [0.3, 0.4) is 0 Å². The van der Waals surface area contributed by atoms with Gasteiger partial charge in [0.1, 0.15) is 5.60 Å². The Labute approximate surface area is 133 Å². The monoisotopic (exact) mass is 299 g/mol. The van der Waals surface area contributed by atoms with E-state index >= 15 is 0 Å². The quantitative estimate of drug-likeness (QED) is 0.697. The lowest BCUT2D eigenvalue weighted by molar-refractivity contribution is 0.0583. The van der Waals surface area contributed by atoms with Gasteiger partial charge in [-0.15, -0.1) is 0 Å². The largest absolute Gasteiger partial charge is 0.443 e. The third kappa shape index (κ3) is 3.03. The molecule has 1 aromatic carbocycles. The third-order valence-corrected chi connectivity index (χ3v) is 4.29. The van der Waals surface area contributed by atoms with E-state index in [0.717, 1.165) is 25.1 Å². The summed E-state index contributed by atoms with van der Waals surface area (Å²) in [7, 11) is 0. The lowest BCUT2D eigenvalue weighted by Crippen LogP contribution is -2.36. The molecule has 1 heterocycles. The molecule has 118 valence electrons. The van der Waals surface area contributed by atoms with E-state index < -0.39 is 5.60 Å². The van der Waals surface area contributed by atoms with Crippen LogP contribution in [0.4, 0.5) is 10.5 Å². The highest BCUT2D eigenvalue weighted by molar-refractivity contribution is 5.92. The van der Waals surface area contributed by atoms with Crippen molar-refractivity contribution in [3.05, 3.63) is 41.5 Å². The number of nitrogens with zero attached hydrogens (tertiary/aromatic N) is 1. The highest BCUT2D eigenvalue weighted by Crippen LogP contribution is 2.40. The minimum atomic E-state index is -0.459. The first-order chi connectivity index (χ1) is 10.5. The minimum Gasteiger partial charge on any atom is -0.443 e. The fourth-order valence-electron chi connectivity index (χ4n) is 3.36. The predicted molar refractivity (Wildman–Crippen MR) is 89.5 cm³/mol. The number of benzene rings is 1. The van der Waals surface area contributed by atoms with Gasteiger partial charge in [-0.05, 0) is 57.6 Å². The van der Waals surface area contributed by atoms with Crippen molar-refractivity contribution in [3.63, 3.8) is 0 Å². The van der Waals surface area contributed by atoms with Crippen molar-refractivity contribution >= 4 is 11.8 Å². The number of allylic oxidation sites excluding steroid dienone is 2. The van der Waals surface area contributed by atoms with E-state index in [9.17, 15) is 4.79 Å². The van der Waals surface area contributed by atoms with Crippen LogP contribution >= 0.6 is 0 Å². The summed E-state index contributed by atoms with van der Waals surface area (Å²) in [6, 6.07) is 6.42. The topological polar surface area (TPSA) is 29.5 Å². The van der Waals surface area contributed by atoms with E-state index in [2.05, 4.69) is 30.4 Å². The van der Waals surface area contributed by atoms with Crippen LogP contribution in [-0.4, -0.2) is 18.2 Å². The van der Waals surface area contributed by atoms with E-state index in [-0.39, 0.29) is 6.09 Å². The van der Waals surface area contributed by atoms with Crippen molar-refractivity contribution in [3.8, 4) is 0 Å². The van der Waals surface area contributed by atoms with Gasteiger partial charge in [-0.25, -0.2) is 4.79 Å². The van der Waals surface area contributed by atoms with Crippen LogP contribution in [0.1, 0.15) is 57.1 Å². The van der Waals surface area contributed by atoms with Gasteiger partial charge in [0.15, 0.2) is 0 Å². The zero-order valence-corrected chi connectivity index (χ0v) is 13.8. The van der Waals surface area contributed by atoms with Crippen LogP contribution in [-0.2, 0) is 11.2 Å². The maximum atomic E-state index is 12.5. The Bertz CT molecular complexity index is 598. The van der Waals surface area contributed by atoms with Gasteiger partial charge in [-0.3, -0.25) is 4.90 Å². The van der Waals surface area contributed by atoms with Crippen molar-refractivity contribution in [2.75, 3.05) is 11.4 Å². The van der Waals surface area contributed by atoms with Crippen LogP contribution < -0.4 is 4.90 Å². The molecule has 3 rings (SSSR count). The maximum Gasteiger partial charge on any atom is 0.414 e. The van der Waals surface area contributed by atoms with Crippen molar-refractivity contribution in [1.82, 2.24) is 0 Å². The number of anilines is 1. The summed E-state index contributed by atoms with van der Waals surface area (Å²) in [6.45, 7) is 6.46. The van der Waals surface area contributed by atoms with Gasteiger partial charge in [0.25, 0.3) is 0 Å². The van der Waals surface area contributed by atoms with E-state index in [1.54, 1.807) is 0 Å². The zero-order valence-electron chi connectivity index (χ0n) is 13.8. The molecule has 1 aromatic rings. The molecule has 1 aliphatic heterocycles. The molecule has 0 bridgehead atoms. The molecular weight excluding hydrogens is 274 g/mol. The Balaban J connectivity index is 1.93. The maximum absolute atomic E-state index is 12.5. The van der Waals surface area contributed by atoms with Crippen molar-refractivity contribution < 1.29 is 9.53 Å². The molecule has 22 heavy (non-hydrogen) atoms. The van der Waals surface area contributed by atoms with Crippen LogP contribution in [0.5, 0.6) is 0 Å². The normalized spacial score (nSPS) is 20.9. The highest BCUT2D eigenvalue weighted by atomic mass is 16.6. The Kier molecular flexibility index (Phi) is 3.98. The van der Waals surface area contributed by atoms with Crippen LogP contribution in [0, 0.1) is 0 Å². The van der Waals surface area contributed by atoms with E-state index in [0.29, 0.717) is 5.92 Å². The molecule has 0 N–H and O–H groups in total. The van der Waals surface area contributed by atoms with Gasteiger partial charge >= 0.3 is 6.09 Å². The molecule has 0 spiro atoms. The van der Waals surface area contributed by atoms with Crippen LogP contribution in [0.25, 0.3) is 0 Å². The summed E-state index contributed by atoms with van der Waals surface area (Å²) < 4.78 is 5.59. The van der Waals surface area contributed by atoms with Gasteiger partial charge in [-0.1, -0.05) is 30.4 Å². The van der Waals surface area contributed by atoms with Crippen LogP contribution in [0.2, 0.25) is 0 Å². The van der Waals surface area contributed by atoms with Crippen molar-refractivity contribution in [1.29, 1.82) is 0 Å². The number of para-hydroxylation sites is 1. The number of amides is 1. The average Bonchev–Trinajstić information content (AvgIpc) is 2.90. The molecule has 3 nitrogen and oxygen atoms in total. The van der Waals surface area contributed by atoms with Gasteiger partial charge in [0, 0.05) is 12.5 Å². The fraction of sp³-hybridized carbons (Fsp3) is 0.526. The summed E-state index contributed by atoms with van der Waals surface area (Å²) in [6.07, 6.45) is 8.80. The number of hydrogen-bond acceptors (Lipinski definition) is 2. The number of hydrogen-bond donors (Lipinski definition) is 0. The van der Waals surface area contributed by atoms with Crippen molar-refractivity contribution in [2.45, 2.75) is 58.0 Å². The molecule has 1 atom stereocenters. The lowest BCUT2D eigenvalue weighted by atomic mass is 9.87. The van der Waals surface area contributed by atoms with Crippen molar-refractivity contribution in [2.24, 2.45) is 0 Å². The zero-order chi connectivity index (χ0) is 15.7. The number of carbonyl (C=O) groups excluding carboxylic acids is 1. The second-order valence-corrected chi connectivity index (χ2v) is 7.20. The SMILES string of the molecule is CC(C)(C)OC(=O)N1CCc2cccc(C3C=CCCC3)c21. The van der Waals surface area contributed by atoms with Gasteiger partial charge in [0.2, 0.25) is 0 Å². The number of fused-ring (bicyclic) bond motifs is 1. The molecule has 0 aromatic heterocycles. The Morgan fingerprint density at radius 3 is 2.82 bits per heavy atom. The summed E-state index contributed by atoms with van der Waals surface area (Å²) in [4.78, 5) is 14.4. The Morgan fingerprint density at radius 2 is 2.14 bits per heavy atom. The molecular formula is C19H25NO2. The third-order valence-electron chi connectivity index (χ3n) is 4.29. The summed E-state index contributed by atoms with van der Waals surface area (Å²) in [5, 5.41) is 0. The van der Waals surface area contributed by atoms with E-state index in [4.69, 9.17) is 4.74 Å². The number of carbonyl (C=O) groups is 1. The summed E-state index contributed by atoms with van der Waals surface area (Å²) >= 11 is 0. The summed E-state index contributed by atoms with van der Waals surface area (Å²) in [5.41, 5.74) is 3.17. The second kappa shape index (κ2) is 5.79. The Morgan fingerprint density at radius 1 is 1.32 bits per heavy atom. The predicted octanol–water partition coefficient (Wildman–Crippen LogP) is 4.81. The fourth-order valence-corrected chi connectivity index (χ4v) is 3.36. The molecule has 1 aliphatic carbocycles. The van der Waals surface area contributed by atoms with Gasteiger partial charge in [-0.2, -0.15) is 0 Å². The second-order valence-electron chi connectivity index (χ2n) is 7.20. The molecule has 0 radical (unpaired) electrons. The number of ether oxygens (including phenoxy) is 1. The summed E-state index contributed by atoms with van der Waals surface area (Å²) in [5.74, 6) is 0.423. The minimum absolute atomic E-state index is 0.224. The Hall–Kier alpha value is -1.77. The first-order valence-corrected chi connectivity index (χ1v) is 8.25. The van der Waals surface area contributed by atoms with Gasteiger partial charge in [0.05, 0.1) is 5.69 Å². The van der Waals surface area contributed by atoms with E-state index in [1.165, 1.54) is 24.0 Å². The van der Waals surface area contributed by atoms with Crippen LogP contribution in [0.15, 0.2) is 30.4 Å².